The highest BCUT2D eigenvalue weighted by atomic mass is 16.3. The number of carbonyl (C=O) groups is 1. The quantitative estimate of drug-likeness (QED) is 0.766. The van der Waals surface area contributed by atoms with Crippen molar-refractivity contribution < 1.29 is 9.90 Å². The van der Waals surface area contributed by atoms with Gasteiger partial charge in [-0.3, -0.25) is 0 Å². The van der Waals surface area contributed by atoms with Crippen LogP contribution in [0.4, 0.5) is 10.5 Å². The minimum Gasteiger partial charge on any atom is -0.393 e. The molecule has 0 heterocycles. The molecule has 19 heavy (non-hydrogen) atoms. The zero-order valence-corrected chi connectivity index (χ0v) is 12.2. The van der Waals surface area contributed by atoms with E-state index in [1.54, 1.807) is 6.92 Å². The molecular formula is C15H24N2O2. The van der Waals surface area contributed by atoms with Gasteiger partial charge >= 0.3 is 6.03 Å². The van der Waals surface area contributed by atoms with Crippen LogP contribution in [0, 0.1) is 19.8 Å². The predicted molar refractivity (Wildman–Crippen MR) is 78.4 cm³/mol. The van der Waals surface area contributed by atoms with Crippen LogP contribution in [0.3, 0.4) is 0 Å². The zero-order valence-electron chi connectivity index (χ0n) is 12.2. The number of urea groups is 1. The standard InChI is InChI=1S/C15H24N2O2/c1-10-5-6-14(12(3)7-10)17-15(19)16-9-11(2)8-13(4)18/h5-7,11,13,18H,8-9H2,1-4H3,(H2,16,17,19)/t11-,13+/m0/s1. The van der Waals surface area contributed by atoms with E-state index in [-0.39, 0.29) is 18.1 Å². The summed E-state index contributed by atoms with van der Waals surface area (Å²) in [5.74, 6) is 0.255. The van der Waals surface area contributed by atoms with Crippen LogP contribution < -0.4 is 10.6 Å². The topological polar surface area (TPSA) is 61.4 Å². The number of carbonyl (C=O) groups excluding carboxylic acids is 1. The first-order chi connectivity index (χ1) is 8.88. The van der Waals surface area contributed by atoms with E-state index in [0.717, 1.165) is 11.3 Å². The van der Waals surface area contributed by atoms with Gasteiger partial charge in [0.2, 0.25) is 0 Å². The lowest BCUT2D eigenvalue weighted by Gasteiger charge is -2.15. The van der Waals surface area contributed by atoms with E-state index in [4.69, 9.17) is 0 Å². The number of aliphatic hydroxyl groups is 1. The van der Waals surface area contributed by atoms with E-state index in [9.17, 15) is 9.90 Å². The van der Waals surface area contributed by atoms with Gasteiger partial charge in [-0.05, 0) is 44.7 Å². The Bertz CT molecular complexity index is 430. The zero-order chi connectivity index (χ0) is 14.4. The second-order valence-electron chi connectivity index (χ2n) is 5.34. The number of benzene rings is 1. The maximum absolute atomic E-state index is 11.8. The van der Waals surface area contributed by atoms with E-state index >= 15 is 0 Å². The van der Waals surface area contributed by atoms with Crippen molar-refractivity contribution in [2.75, 3.05) is 11.9 Å². The molecule has 0 saturated heterocycles. The highest BCUT2D eigenvalue weighted by Crippen LogP contribution is 2.15. The molecule has 4 heteroatoms. The van der Waals surface area contributed by atoms with Crippen LogP contribution in [0.2, 0.25) is 0 Å². The number of aryl methyl sites for hydroxylation is 2. The number of hydrogen-bond donors (Lipinski definition) is 3. The Balaban J connectivity index is 2.43. The summed E-state index contributed by atoms with van der Waals surface area (Å²) in [4.78, 5) is 11.8. The molecule has 0 fully saturated rings. The second-order valence-corrected chi connectivity index (χ2v) is 5.34. The van der Waals surface area contributed by atoms with Crippen molar-refractivity contribution in [2.24, 2.45) is 5.92 Å². The van der Waals surface area contributed by atoms with Gasteiger partial charge in [-0.1, -0.05) is 24.6 Å². The first kappa shape index (κ1) is 15.5. The minimum absolute atomic E-state index is 0.204. The lowest BCUT2D eigenvalue weighted by atomic mass is 10.1. The minimum atomic E-state index is -0.334. The Morgan fingerprint density at radius 2 is 2.00 bits per heavy atom. The lowest BCUT2D eigenvalue weighted by molar-refractivity contribution is 0.163. The molecule has 2 atom stereocenters. The van der Waals surface area contributed by atoms with Gasteiger partial charge in [0.25, 0.3) is 0 Å². The van der Waals surface area contributed by atoms with Crippen molar-refractivity contribution in [3.8, 4) is 0 Å². The molecule has 0 saturated carbocycles. The fourth-order valence-corrected chi connectivity index (χ4v) is 2.05. The van der Waals surface area contributed by atoms with Gasteiger partial charge in [0.15, 0.2) is 0 Å². The Hall–Kier alpha value is -1.55. The Morgan fingerprint density at radius 3 is 2.58 bits per heavy atom. The largest absolute Gasteiger partial charge is 0.393 e. The molecular weight excluding hydrogens is 240 g/mol. The van der Waals surface area contributed by atoms with Crippen LogP contribution in [0.5, 0.6) is 0 Å². The van der Waals surface area contributed by atoms with Gasteiger partial charge in [-0.25, -0.2) is 4.79 Å². The van der Waals surface area contributed by atoms with Crippen LogP contribution >= 0.6 is 0 Å². The van der Waals surface area contributed by atoms with E-state index < -0.39 is 0 Å². The molecule has 3 N–H and O–H groups in total. The monoisotopic (exact) mass is 264 g/mol. The van der Waals surface area contributed by atoms with Crippen molar-refractivity contribution >= 4 is 11.7 Å². The fraction of sp³-hybridized carbons (Fsp3) is 0.533. The van der Waals surface area contributed by atoms with Crippen LogP contribution in [-0.4, -0.2) is 23.8 Å². The number of anilines is 1. The third kappa shape index (κ3) is 5.75. The van der Waals surface area contributed by atoms with E-state index in [1.165, 1.54) is 5.56 Å². The van der Waals surface area contributed by atoms with Crippen molar-refractivity contribution in [2.45, 2.75) is 40.2 Å². The second kappa shape index (κ2) is 7.14. The molecule has 0 aromatic heterocycles. The smallest absolute Gasteiger partial charge is 0.319 e. The molecule has 0 aliphatic rings. The molecule has 0 aliphatic heterocycles. The SMILES string of the molecule is Cc1ccc(NC(=O)NC[C@@H](C)C[C@@H](C)O)c(C)c1. The summed E-state index contributed by atoms with van der Waals surface area (Å²) in [6, 6.07) is 5.71. The van der Waals surface area contributed by atoms with E-state index in [1.807, 2.05) is 39.0 Å². The Labute approximate surface area is 115 Å². The van der Waals surface area contributed by atoms with Gasteiger partial charge in [0, 0.05) is 12.2 Å². The molecule has 106 valence electrons. The molecule has 0 unspecified atom stereocenters. The van der Waals surface area contributed by atoms with Gasteiger partial charge in [0.1, 0.15) is 0 Å². The summed E-state index contributed by atoms with van der Waals surface area (Å²) in [6.45, 7) is 8.31. The highest BCUT2D eigenvalue weighted by Gasteiger charge is 2.09. The van der Waals surface area contributed by atoms with Gasteiger partial charge in [0.05, 0.1) is 6.10 Å². The van der Waals surface area contributed by atoms with Crippen LogP contribution in [0.15, 0.2) is 18.2 Å². The number of rotatable bonds is 5. The number of amides is 2. The van der Waals surface area contributed by atoms with Gasteiger partial charge in [-0.15, -0.1) is 0 Å². The average molecular weight is 264 g/mol. The Morgan fingerprint density at radius 1 is 1.32 bits per heavy atom. The molecule has 0 spiro atoms. The predicted octanol–water partition coefficient (Wildman–Crippen LogP) is 2.83. The fourth-order valence-electron chi connectivity index (χ4n) is 2.05. The van der Waals surface area contributed by atoms with E-state index in [0.29, 0.717) is 13.0 Å². The molecule has 0 radical (unpaired) electrons. The normalized spacial score (nSPS) is 13.7. The summed E-state index contributed by atoms with van der Waals surface area (Å²) < 4.78 is 0. The molecule has 0 aliphatic carbocycles. The Kier molecular flexibility index (Phi) is 5.83. The van der Waals surface area contributed by atoms with Crippen molar-refractivity contribution in [1.82, 2.24) is 5.32 Å². The summed E-state index contributed by atoms with van der Waals surface area (Å²) in [6.07, 6.45) is 0.350. The van der Waals surface area contributed by atoms with Crippen molar-refractivity contribution in [3.63, 3.8) is 0 Å². The van der Waals surface area contributed by atoms with Gasteiger partial charge in [-0.2, -0.15) is 0 Å². The first-order valence-corrected chi connectivity index (χ1v) is 6.68. The molecule has 1 aromatic carbocycles. The van der Waals surface area contributed by atoms with Crippen LogP contribution in [0.25, 0.3) is 0 Å². The van der Waals surface area contributed by atoms with E-state index in [2.05, 4.69) is 10.6 Å². The summed E-state index contributed by atoms with van der Waals surface area (Å²) >= 11 is 0. The van der Waals surface area contributed by atoms with Crippen molar-refractivity contribution in [1.29, 1.82) is 0 Å². The lowest BCUT2D eigenvalue weighted by Crippen LogP contribution is -2.33. The number of nitrogens with one attached hydrogen (secondary N) is 2. The number of hydrogen-bond acceptors (Lipinski definition) is 2. The summed E-state index contributed by atoms with van der Waals surface area (Å²) in [5.41, 5.74) is 3.05. The number of aliphatic hydroxyl groups excluding tert-OH is 1. The summed E-state index contributed by atoms with van der Waals surface area (Å²) in [5, 5.41) is 14.9. The van der Waals surface area contributed by atoms with Crippen LogP contribution in [-0.2, 0) is 0 Å². The molecule has 4 nitrogen and oxygen atoms in total. The molecule has 2 amide bonds. The third-order valence-electron chi connectivity index (χ3n) is 2.98. The van der Waals surface area contributed by atoms with Crippen molar-refractivity contribution in [3.05, 3.63) is 29.3 Å². The molecule has 1 rings (SSSR count). The third-order valence-corrected chi connectivity index (χ3v) is 2.98. The maximum atomic E-state index is 11.8. The average Bonchev–Trinajstić information content (AvgIpc) is 2.29. The molecule has 1 aromatic rings. The maximum Gasteiger partial charge on any atom is 0.319 e. The van der Waals surface area contributed by atoms with Gasteiger partial charge < -0.3 is 15.7 Å². The first-order valence-electron chi connectivity index (χ1n) is 6.68. The highest BCUT2D eigenvalue weighted by molar-refractivity contribution is 5.90. The van der Waals surface area contributed by atoms with Crippen LogP contribution in [0.1, 0.15) is 31.4 Å². The molecule has 0 bridgehead atoms. The summed E-state index contributed by atoms with van der Waals surface area (Å²) in [7, 11) is 0.